The van der Waals surface area contributed by atoms with E-state index in [1.54, 1.807) is 23.9 Å². The molecule has 0 fully saturated rings. The fraction of sp³-hybridized carbons (Fsp3) is 0.111. The molecule has 0 bridgehead atoms. The van der Waals surface area contributed by atoms with Crippen molar-refractivity contribution >= 4 is 23.1 Å². The fourth-order valence-corrected chi connectivity index (χ4v) is 2.49. The Labute approximate surface area is 104 Å². The van der Waals surface area contributed by atoms with Gasteiger partial charge in [-0.25, -0.2) is 0 Å². The average molecular weight is 266 g/mol. The van der Waals surface area contributed by atoms with Crippen LogP contribution in [0.15, 0.2) is 37.2 Å². The Morgan fingerprint density at radius 3 is 3.18 bits per heavy atom. The molecule has 0 aliphatic heterocycles. The predicted octanol–water partition coefficient (Wildman–Crippen LogP) is 2.47. The summed E-state index contributed by atoms with van der Waals surface area (Å²) in [5.74, 6) is 2.17. The van der Waals surface area contributed by atoms with Crippen molar-refractivity contribution in [2.24, 2.45) is 0 Å². The number of aromatic nitrogens is 4. The molecule has 86 valence electrons. The molecule has 0 aromatic carbocycles. The van der Waals surface area contributed by atoms with Crippen molar-refractivity contribution < 1.29 is 8.94 Å². The Morgan fingerprint density at radius 1 is 1.41 bits per heavy atom. The zero-order chi connectivity index (χ0) is 11.5. The van der Waals surface area contributed by atoms with Crippen LogP contribution < -0.4 is 0 Å². The lowest BCUT2D eigenvalue weighted by atomic mass is 10.4. The highest BCUT2D eigenvalue weighted by atomic mass is 32.2. The van der Waals surface area contributed by atoms with Gasteiger partial charge in [0.1, 0.15) is 5.51 Å². The molecule has 0 atom stereocenters. The van der Waals surface area contributed by atoms with E-state index in [-0.39, 0.29) is 0 Å². The van der Waals surface area contributed by atoms with Gasteiger partial charge in [-0.1, -0.05) is 28.3 Å². The van der Waals surface area contributed by atoms with Crippen molar-refractivity contribution in [2.45, 2.75) is 10.1 Å². The number of nitrogens with zero attached hydrogens (tertiary/aromatic N) is 4. The Hall–Kier alpha value is -1.67. The van der Waals surface area contributed by atoms with Gasteiger partial charge in [0.2, 0.25) is 11.7 Å². The first-order valence-electron chi connectivity index (χ1n) is 4.67. The zero-order valence-electron chi connectivity index (χ0n) is 8.44. The van der Waals surface area contributed by atoms with Crippen molar-refractivity contribution in [3.63, 3.8) is 0 Å². The summed E-state index contributed by atoms with van der Waals surface area (Å²) in [5, 5.41) is 11.5. The summed E-state index contributed by atoms with van der Waals surface area (Å²) < 4.78 is 11.1. The maximum absolute atomic E-state index is 5.17. The van der Waals surface area contributed by atoms with Gasteiger partial charge in [0.15, 0.2) is 10.1 Å². The number of hydrogen-bond acceptors (Lipinski definition) is 8. The van der Waals surface area contributed by atoms with Crippen molar-refractivity contribution in [1.29, 1.82) is 0 Å². The van der Waals surface area contributed by atoms with Crippen LogP contribution in [0, 0.1) is 0 Å². The van der Waals surface area contributed by atoms with Gasteiger partial charge >= 0.3 is 0 Å². The van der Waals surface area contributed by atoms with Crippen LogP contribution in [-0.2, 0) is 5.75 Å². The lowest BCUT2D eigenvalue weighted by molar-refractivity contribution is 0.390. The van der Waals surface area contributed by atoms with Gasteiger partial charge in [0.25, 0.3) is 0 Å². The smallest absolute Gasteiger partial charge is 0.238 e. The Bertz CT molecular complexity index is 576. The van der Waals surface area contributed by atoms with Gasteiger partial charge in [-0.05, 0) is 12.1 Å². The molecule has 6 nitrogen and oxygen atoms in total. The molecule has 3 heterocycles. The molecule has 0 saturated carbocycles. The third kappa shape index (κ3) is 2.37. The third-order valence-electron chi connectivity index (χ3n) is 1.87. The van der Waals surface area contributed by atoms with Gasteiger partial charge in [-0.15, -0.1) is 10.2 Å². The monoisotopic (exact) mass is 266 g/mol. The van der Waals surface area contributed by atoms with Crippen LogP contribution in [0.25, 0.3) is 11.6 Å². The topological polar surface area (TPSA) is 77.8 Å². The first-order chi connectivity index (χ1) is 8.42. The van der Waals surface area contributed by atoms with E-state index in [0.29, 0.717) is 23.2 Å². The van der Waals surface area contributed by atoms with Crippen LogP contribution in [-0.4, -0.2) is 20.3 Å². The maximum Gasteiger partial charge on any atom is 0.238 e. The van der Waals surface area contributed by atoms with Gasteiger partial charge in [-0.3, -0.25) is 0 Å². The highest BCUT2D eigenvalue weighted by molar-refractivity contribution is 8.00. The third-order valence-corrected chi connectivity index (χ3v) is 3.71. The second kappa shape index (κ2) is 4.68. The van der Waals surface area contributed by atoms with Crippen molar-refractivity contribution in [1.82, 2.24) is 20.3 Å². The molecular weight excluding hydrogens is 260 g/mol. The molecular formula is C9H6N4O2S2. The van der Waals surface area contributed by atoms with Crippen LogP contribution in [0.5, 0.6) is 0 Å². The van der Waals surface area contributed by atoms with E-state index in [1.165, 1.54) is 23.1 Å². The molecule has 0 amide bonds. The molecule has 3 aromatic heterocycles. The number of rotatable bonds is 4. The quantitative estimate of drug-likeness (QED) is 0.671. The molecule has 0 spiro atoms. The Balaban J connectivity index is 1.69. The van der Waals surface area contributed by atoms with Crippen LogP contribution in [0.3, 0.4) is 0 Å². The van der Waals surface area contributed by atoms with E-state index < -0.39 is 0 Å². The van der Waals surface area contributed by atoms with Crippen LogP contribution in [0.1, 0.15) is 5.89 Å². The minimum atomic E-state index is 0.461. The van der Waals surface area contributed by atoms with Crippen molar-refractivity contribution in [3.05, 3.63) is 29.8 Å². The van der Waals surface area contributed by atoms with Crippen LogP contribution in [0.2, 0.25) is 0 Å². The lowest BCUT2D eigenvalue weighted by Gasteiger charge is -1.88. The normalized spacial score (nSPS) is 10.8. The van der Waals surface area contributed by atoms with E-state index in [1.807, 2.05) is 0 Å². The summed E-state index contributed by atoms with van der Waals surface area (Å²) in [6, 6.07) is 3.56. The van der Waals surface area contributed by atoms with E-state index in [0.717, 1.165) is 4.34 Å². The van der Waals surface area contributed by atoms with E-state index in [9.17, 15) is 0 Å². The maximum atomic E-state index is 5.17. The number of hydrogen-bond donors (Lipinski definition) is 0. The van der Waals surface area contributed by atoms with Crippen molar-refractivity contribution in [2.75, 3.05) is 0 Å². The van der Waals surface area contributed by atoms with E-state index in [4.69, 9.17) is 8.94 Å². The SMILES string of the molecule is c1coc(-c2noc(CSc3nncs3)n2)c1. The summed E-state index contributed by atoms with van der Waals surface area (Å²) >= 11 is 2.99. The molecule has 0 radical (unpaired) electrons. The largest absolute Gasteiger partial charge is 0.461 e. The van der Waals surface area contributed by atoms with Gasteiger partial charge in [0.05, 0.1) is 12.0 Å². The summed E-state index contributed by atoms with van der Waals surface area (Å²) in [6.45, 7) is 0. The average Bonchev–Trinajstić information content (AvgIpc) is 3.09. The summed E-state index contributed by atoms with van der Waals surface area (Å²) in [5.41, 5.74) is 1.68. The molecule has 0 saturated heterocycles. The lowest BCUT2D eigenvalue weighted by Crippen LogP contribution is -1.81. The minimum absolute atomic E-state index is 0.461. The molecule has 3 rings (SSSR count). The molecule has 0 N–H and O–H groups in total. The fourth-order valence-electron chi connectivity index (χ4n) is 1.17. The molecule has 8 heteroatoms. The van der Waals surface area contributed by atoms with Gasteiger partial charge in [-0.2, -0.15) is 4.98 Å². The van der Waals surface area contributed by atoms with Crippen LogP contribution in [0.4, 0.5) is 0 Å². The Kier molecular flexibility index (Phi) is 2.88. The second-order valence-electron chi connectivity index (χ2n) is 2.98. The molecule has 0 aliphatic carbocycles. The molecule has 0 aliphatic rings. The van der Waals surface area contributed by atoms with Crippen molar-refractivity contribution in [3.8, 4) is 11.6 Å². The standard InChI is InChI=1S/C9H6N4O2S2/c1-2-6(14-3-1)8-11-7(15-13-8)4-16-9-12-10-5-17-9/h1-3,5H,4H2. The van der Waals surface area contributed by atoms with E-state index in [2.05, 4.69) is 20.3 Å². The number of thioether (sulfide) groups is 1. The Morgan fingerprint density at radius 2 is 2.41 bits per heavy atom. The highest BCUT2D eigenvalue weighted by Crippen LogP contribution is 2.24. The van der Waals surface area contributed by atoms with Gasteiger partial charge in [0, 0.05) is 0 Å². The van der Waals surface area contributed by atoms with Gasteiger partial charge < -0.3 is 8.94 Å². The first kappa shape index (κ1) is 10.5. The predicted molar refractivity (Wildman–Crippen MR) is 61.5 cm³/mol. The zero-order valence-corrected chi connectivity index (χ0v) is 10.1. The summed E-state index contributed by atoms with van der Waals surface area (Å²) in [6.07, 6.45) is 1.57. The first-order valence-corrected chi connectivity index (χ1v) is 6.54. The number of furan rings is 1. The van der Waals surface area contributed by atoms with E-state index >= 15 is 0 Å². The summed E-state index contributed by atoms with van der Waals surface area (Å²) in [7, 11) is 0. The minimum Gasteiger partial charge on any atom is -0.461 e. The highest BCUT2D eigenvalue weighted by Gasteiger charge is 2.11. The van der Waals surface area contributed by atoms with Crippen LogP contribution >= 0.6 is 23.1 Å². The summed E-state index contributed by atoms with van der Waals surface area (Å²) in [4.78, 5) is 4.22. The second-order valence-corrected chi connectivity index (χ2v) is 5.04. The molecule has 0 unspecified atom stereocenters. The molecule has 17 heavy (non-hydrogen) atoms. The molecule has 3 aromatic rings.